The van der Waals surface area contributed by atoms with Crippen molar-refractivity contribution >= 4 is 40.9 Å². The number of aryl methyl sites for hydroxylation is 2. The van der Waals surface area contributed by atoms with E-state index < -0.39 is 18.5 Å². The molecular formula is C20H20N2O4S. The van der Waals surface area contributed by atoms with Gasteiger partial charge in [-0.15, -0.1) is 11.8 Å². The van der Waals surface area contributed by atoms with Gasteiger partial charge in [0.1, 0.15) is 6.54 Å². The lowest BCUT2D eigenvalue weighted by Crippen LogP contribution is -2.40. The average Bonchev–Trinajstić information content (AvgIpc) is 2.61. The molecule has 2 aromatic rings. The first-order valence-electron chi connectivity index (χ1n) is 8.48. The third-order valence-electron chi connectivity index (χ3n) is 3.97. The Bertz CT molecular complexity index is 877. The van der Waals surface area contributed by atoms with E-state index in [-0.39, 0.29) is 18.2 Å². The summed E-state index contributed by atoms with van der Waals surface area (Å²) in [5, 5.41) is 2.71. The van der Waals surface area contributed by atoms with Crippen molar-refractivity contribution in [3.05, 3.63) is 53.6 Å². The minimum atomic E-state index is -0.624. The van der Waals surface area contributed by atoms with Gasteiger partial charge in [0.25, 0.3) is 5.91 Å². The van der Waals surface area contributed by atoms with Gasteiger partial charge in [0.05, 0.1) is 11.4 Å². The second kappa shape index (κ2) is 8.26. The molecule has 0 bridgehead atoms. The van der Waals surface area contributed by atoms with Crippen LogP contribution in [-0.2, 0) is 19.1 Å². The van der Waals surface area contributed by atoms with Crippen LogP contribution < -0.4 is 10.2 Å². The van der Waals surface area contributed by atoms with Gasteiger partial charge in [-0.3, -0.25) is 19.3 Å². The second-order valence-corrected chi connectivity index (χ2v) is 7.34. The molecule has 2 amide bonds. The Morgan fingerprint density at radius 3 is 2.59 bits per heavy atom. The molecule has 27 heavy (non-hydrogen) atoms. The van der Waals surface area contributed by atoms with Crippen molar-refractivity contribution in [2.45, 2.75) is 18.7 Å². The zero-order chi connectivity index (χ0) is 19.4. The predicted molar refractivity (Wildman–Crippen MR) is 105 cm³/mol. The molecule has 0 unspecified atom stereocenters. The maximum absolute atomic E-state index is 12.2. The number of carbonyl (C=O) groups is 3. The van der Waals surface area contributed by atoms with Crippen LogP contribution in [0.1, 0.15) is 11.1 Å². The van der Waals surface area contributed by atoms with Gasteiger partial charge in [0.15, 0.2) is 6.61 Å². The maximum Gasteiger partial charge on any atom is 0.326 e. The Morgan fingerprint density at radius 1 is 1.15 bits per heavy atom. The highest BCUT2D eigenvalue weighted by molar-refractivity contribution is 8.00. The van der Waals surface area contributed by atoms with Crippen molar-refractivity contribution in [3.8, 4) is 0 Å². The van der Waals surface area contributed by atoms with Gasteiger partial charge >= 0.3 is 5.97 Å². The van der Waals surface area contributed by atoms with Crippen molar-refractivity contribution in [3.63, 3.8) is 0 Å². The third kappa shape index (κ3) is 4.89. The number of carbonyl (C=O) groups excluding carboxylic acids is 3. The lowest BCUT2D eigenvalue weighted by Gasteiger charge is -2.27. The van der Waals surface area contributed by atoms with E-state index in [0.717, 1.165) is 16.0 Å². The molecule has 140 valence electrons. The molecule has 7 heteroatoms. The lowest BCUT2D eigenvalue weighted by molar-refractivity contribution is -0.146. The quantitative estimate of drug-likeness (QED) is 0.802. The van der Waals surface area contributed by atoms with E-state index in [9.17, 15) is 14.4 Å². The number of para-hydroxylation sites is 1. The monoisotopic (exact) mass is 384 g/mol. The first kappa shape index (κ1) is 19.0. The summed E-state index contributed by atoms with van der Waals surface area (Å²) in [6.45, 7) is 3.26. The summed E-state index contributed by atoms with van der Waals surface area (Å²) in [6.07, 6.45) is 0. The molecule has 0 saturated carbocycles. The average molecular weight is 384 g/mol. The molecule has 0 spiro atoms. The summed E-state index contributed by atoms with van der Waals surface area (Å²) in [5.41, 5.74) is 3.41. The normalized spacial score (nSPS) is 13.1. The molecule has 0 fully saturated rings. The minimum Gasteiger partial charge on any atom is -0.454 e. The van der Waals surface area contributed by atoms with E-state index in [4.69, 9.17) is 4.74 Å². The van der Waals surface area contributed by atoms with Crippen molar-refractivity contribution in [2.75, 3.05) is 29.1 Å². The SMILES string of the molecule is Cc1cc(C)cc(NC(=O)COC(=O)CN2C(=O)CSc3ccccc32)c1. The Labute approximate surface area is 161 Å². The minimum absolute atomic E-state index is 0.157. The van der Waals surface area contributed by atoms with Crippen LogP contribution in [0.15, 0.2) is 47.4 Å². The van der Waals surface area contributed by atoms with E-state index in [2.05, 4.69) is 5.32 Å². The topological polar surface area (TPSA) is 75.7 Å². The Hall–Kier alpha value is -2.80. The molecule has 3 rings (SSSR count). The van der Waals surface area contributed by atoms with Crippen LogP contribution in [-0.4, -0.2) is 36.7 Å². The van der Waals surface area contributed by atoms with Crippen LogP contribution >= 0.6 is 11.8 Å². The van der Waals surface area contributed by atoms with Gasteiger partial charge < -0.3 is 10.1 Å². The molecule has 2 aromatic carbocycles. The fourth-order valence-corrected chi connectivity index (χ4v) is 3.83. The molecule has 6 nitrogen and oxygen atoms in total. The summed E-state index contributed by atoms with van der Waals surface area (Å²) in [4.78, 5) is 38.6. The Kier molecular flexibility index (Phi) is 5.81. The van der Waals surface area contributed by atoms with Gasteiger partial charge in [-0.25, -0.2) is 0 Å². The van der Waals surface area contributed by atoms with Crippen molar-refractivity contribution in [1.29, 1.82) is 0 Å². The highest BCUT2D eigenvalue weighted by Crippen LogP contribution is 2.34. The lowest BCUT2D eigenvalue weighted by atomic mass is 10.1. The molecule has 0 saturated heterocycles. The third-order valence-corrected chi connectivity index (χ3v) is 5.01. The zero-order valence-corrected chi connectivity index (χ0v) is 16.0. The van der Waals surface area contributed by atoms with Crippen LogP contribution in [0, 0.1) is 13.8 Å². The van der Waals surface area contributed by atoms with Gasteiger partial charge in [0, 0.05) is 10.6 Å². The Balaban J connectivity index is 1.55. The largest absolute Gasteiger partial charge is 0.454 e. The number of benzene rings is 2. The van der Waals surface area contributed by atoms with Gasteiger partial charge in [-0.2, -0.15) is 0 Å². The molecule has 1 aliphatic heterocycles. The first-order valence-corrected chi connectivity index (χ1v) is 9.47. The molecule has 1 heterocycles. The van der Waals surface area contributed by atoms with E-state index in [1.165, 1.54) is 16.7 Å². The Morgan fingerprint density at radius 2 is 1.85 bits per heavy atom. The molecule has 0 aliphatic carbocycles. The van der Waals surface area contributed by atoms with Gasteiger partial charge in [-0.1, -0.05) is 18.2 Å². The number of nitrogens with one attached hydrogen (secondary N) is 1. The number of thioether (sulfide) groups is 1. The number of nitrogens with zero attached hydrogens (tertiary/aromatic N) is 1. The van der Waals surface area contributed by atoms with Crippen molar-refractivity contribution < 1.29 is 19.1 Å². The predicted octanol–water partition coefficient (Wildman–Crippen LogP) is 2.92. The van der Waals surface area contributed by atoms with E-state index in [1.807, 2.05) is 50.2 Å². The number of hydrogen-bond acceptors (Lipinski definition) is 5. The molecular weight excluding hydrogens is 364 g/mol. The summed E-state index contributed by atoms with van der Waals surface area (Å²) in [5.74, 6) is -0.928. The standard InChI is InChI=1S/C20H20N2O4S/c1-13-7-14(2)9-15(8-13)21-18(23)11-26-20(25)10-22-16-5-3-4-6-17(16)27-12-19(22)24/h3-9H,10-12H2,1-2H3,(H,21,23). The molecule has 1 aliphatic rings. The molecule has 1 N–H and O–H groups in total. The summed E-state index contributed by atoms with van der Waals surface area (Å²) >= 11 is 1.44. The second-order valence-electron chi connectivity index (χ2n) is 6.32. The summed E-state index contributed by atoms with van der Waals surface area (Å²) in [7, 11) is 0. The number of esters is 1. The van der Waals surface area contributed by atoms with Crippen molar-refractivity contribution in [1.82, 2.24) is 0 Å². The number of anilines is 2. The zero-order valence-electron chi connectivity index (χ0n) is 15.2. The number of fused-ring (bicyclic) bond motifs is 1. The summed E-state index contributed by atoms with van der Waals surface area (Å²) < 4.78 is 5.05. The van der Waals surface area contributed by atoms with Crippen LogP contribution in [0.25, 0.3) is 0 Å². The highest BCUT2D eigenvalue weighted by atomic mass is 32.2. The number of hydrogen-bond donors (Lipinski definition) is 1. The van der Waals surface area contributed by atoms with Crippen LogP contribution in [0.2, 0.25) is 0 Å². The molecule has 0 atom stereocenters. The van der Waals surface area contributed by atoms with E-state index in [1.54, 1.807) is 6.07 Å². The number of ether oxygens (including phenoxy) is 1. The molecule has 0 radical (unpaired) electrons. The number of rotatable bonds is 5. The van der Waals surface area contributed by atoms with Gasteiger partial charge in [-0.05, 0) is 49.2 Å². The van der Waals surface area contributed by atoms with Crippen molar-refractivity contribution in [2.24, 2.45) is 0 Å². The first-order chi connectivity index (χ1) is 12.9. The fourth-order valence-electron chi connectivity index (χ4n) is 2.89. The summed E-state index contributed by atoms with van der Waals surface area (Å²) in [6, 6.07) is 13.1. The smallest absolute Gasteiger partial charge is 0.326 e. The number of amides is 2. The van der Waals surface area contributed by atoms with E-state index in [0.29, 0.717) is 11.4 Å². The van der Waals surface area contributed by atoms with Gasteiger partial charge in [0.2, 0.25) is 5.91 Å². The molecule has 0 aromatic heterocycles. The fraction of sp³-hybridized carbons (Fsp3) is 0.250. The van der Waals surface area contributed by atoms with Crippen LogP contribution in [0.5, 0.6) is 0 Å². The van der Waals surface area contributed by atoms with Crippen LogP contribution in [0.3, 0.4) is 0 Å². The van der Waals surface area contributed by atoms with Crippen LogP contribution in [0.4, 0.5) is 11.4 Å². The maximum atomic E-state index is 12.2. The van der Waals surface area contributed by atoms with E-state index >= 15 is 0 Å². The highest BCUT2D eigenvalue weighted by Gasteiger charge is 2.26.